The Labute approximate surface area is 134 Å². The monoisotopic (exact) mass is 310 g/mol. The van der Waals surface area contributed by atoms with Crippen molar-refractivity contribution in [2.24, 2.45) is 7.05 Å². The molecule has 0 fully saturated rings. The third-order valence-electron chi connectivity index (χ3n) is 3.63. The number of carbonyl (C=O) groups excluding carboxylic acids is 1. The Morgan fingerprint density at radius 3 is 2.78 bits per heavy atom. The second-order valence-corrected chi connectivity index (χ2v) is 5.47. The number of hydrogen-bond acceptors (Lipinski definition) is 5. The number of rotatable bonds is 4. The van der Waals surface area contributed by atoms with E-state index < -0.39 is 0 Å². The fourth-order valence-electron chi connectivity index (χ4n) is 2.30. The summed E-state index contributed by atoms with van der Waals surface area (Å²) >= 11 is 0. The zero-order valence-corrected chi connectivity index (χ0v) is 13.4. The molecule has 0 radical (unpaired) electrons. The van der Waals surface area contributed by atoms with Gasteiger partial charge in [-0.1, -0.05) is 18.2 Å². The summed E-state index contributed by atoms with van der Waals surface area (Å²) in [5, 5.41) is 0.781. The lowest BCUT2D eigenvalue weighted by Gasteiger charge is -2.14. The van der Waals surface area contributed by atoms with Gasteiger partial charge in [-0.25, -0.2) is 14.8 Å². The molecule has 0 aliphatic carbocycles. The molecule has 0 unspecified atom stereocenters. The summed E-state index contributed by atoms with van der Waals surface area (Å²) in [5.74, 6) is 1.03. The maximum atomic E-state index is 12.5. The van der Waals surface area contributed by atoms with Crippen molar-refractivity contribution in [1.29, 1.82) is 0 Å². The van der Waals surface area contributed by atoms with Gasteiger partial charge in [0.2, 0.25) is 0 Å². The number of ether oxygens (including phenoxy) is 1. The fraction of sp³-hybridized carbons (Fsp3) is 0.235. The molecule has 0 atom stereocenters. The third kappa shape index (κ3) is 3.01. The van der Waals surface area contributed by atoms with Crippen LogP contribution in [0.1, 0.15) is 16.2 Å². The Kier molecular flexibility index (Phi) is 3.97. The summed E-state index contributed by atoms with van der Waals surface area (Å²) in [6.45, 7) is 0.135. The molecule has 2 aromatic heterocycles. The van der Waals surface area contributed by atoms with E-state index in [1.54, 1.807) is 12.3 Å². The van der Waals surface area contributed by atoms with Gasteiger partial charge in [-0.05, 0) is 12.1 Å². The van der Waals surface area contributed by atoms with Gasteiger partial charge in [0.25, 0.3) is 0 Å². The number of esters is 1. The molecule has 0 amide bonds. The maximum absolute atomic E-state index is 12.5. The molecule has 0 aliphatic rings. The van der Waals surface area contributed by atoms with Crippen LogP contribution in [0.3, 0.4) is 0 Å². The number of hydrogen-bond donors (Lipinski definition) is 0. The lowest BCUT2D eigenvalue weighted by atomic mass is 10.1. The van der Waals surface area contributed by atoms with Crippen LogP contribution < -0.4 is 4.90 Å². The third-order valence-corrected chi connectivity index (χ3v) is 3.63. The SMILES string of the molecule is CN(C)c1cc(C(=O)OCc2nccn2C)c2ccccc2n1. The molecular weight excluding hydrogens is 292 g/mol. The van der Waals surface area contributed by atoms with Crippen molar-refractivity contribution in [2.45, 2.75) is 6.61 Å². The molecule has 0 saturated carbocycles. The summed E-state index contributed by atoms with van der Waals surface area (Å²) in [4.78, 5) is 23.1. The number of nitrogens with zero attached hydrogens (tertiary/aromatic N) is 4. The Balaban J connectivity index is 1.94. The van der Waals surface area contributed by atoms with Crippen LogP contribution in [0.15, 0.2) is 42.7 Å². The second-order valence-electron chi connectivity index (χ2n) is 5.47. The van der Waals surface area contributed by atoms with Crippen LogP contribution in [0.25, 0.3) is 10.9 Å². The normalized spacial score (nSPS) is 10.7. The van der Waals surface area contributed by atoms with Crippen molar-refractivity contribution in [3.8, 4) is 0 Å². The molecule has 0 aliphatic heterocycles. The first-order chi connectivity index (χ1) is 11.1. The summed E-state index contributed by atoms with van der Waals surface area (Å²) < 4.78 is 7.25. The number of aryl methyl sites for hydroxylation is 1. The molecular formula is C17H18N4O2. The van der Waals surface area contributed by atoms with Crippen LogP contribution in [0.4, 0.5) is 5.82 Å². The van der Waals surface area contributed by atoms with Crippen LogP contribution in [0.2, 0.25) is 0 Å². The minimum Gasteiger partial charge on any atom is -0.454 e. The van der Waals surface area contributed by atoms with Gasteiger partial charge in [0.1, 0.15) is 18.2 Å². The minimum atomic E-state index is -0.380. The number of imidazole rings is 1. The van der Waals surface area contributed by atoms with E-state index in [0.29, 0.717) is 17.2 Å². The average Bonchev–Trinajstić information content (AvgIpc) is 2.96. The summed E-state index contributed by atoms with van der Waals surface area (Å²) in [5.41, 5.74) is 1.27. The van der Waals surface area contributed by atoms with Crippen LogP contribution in [-0.4, -0.2) is 34.6 Å². The Bertz CT molecular complexity index is 855. The number of anilines is 1. The summed E-state index contributed by atoms with van der Waals surface area (Å²) in [7, 11) is 5.64. The van der Waals surface area contributed by atoms with Crippen LogP contribution in [0, 0.1) is 0 Å². The molecule has 3 aromatic rings. The van der Waals surface area contributed by atoms with Gasteiger partial charge in [0, 0.05) is 38.9 Å². The highest BCUT2D eigenvalue weighted by Gasteiger charge is 2.16. The quantitative estimate of drug-likeness (QED) is 0.693. The number of fused-ring (bicyclic) bond motifs is 1. The molecule has 0 saturated heterocycles. The van der Waals surface area contributed by atoms with Crippen molar-refractivity contribution in [3.05, 3.63) is 54.1 Å². The zero-order valence-electron chi connectivity index (χ0n) is 13.4. The standard InChI is InChI=1S/C17H18N4O2/c1-20(2)15-10-13(12-6-4-5-7-14(12)19-15)17(22)23-11-16-18-8-9-21(16)3/h4-10H,11H2,1-3H3. The molecule has 118 valence electrons. The molecule has 6 heteroatoms. The van der Waals surface area contributed by atoms with Gasteiger partial charge < -0.3 is 14.2 Å². The van der Waals surface area contributed by atoms with Crippen molar-refractivity contribution in [3.63, 3.8) is 0 Å². The molecule has 0 bridgehead atoms. The smallest absolute Gasteiger partial charge is 0.339 e. The summed E-state index contributed by atoms with van der Waals surface area (Å²) in [6.07, 6.45) is 3.49. The highest BCUT2D eigenvalue weighted by atomic mass is 16.5. The molecule has 3 rings (SSSR count). The lowest BCUT2D eigenvalue weighted by molar-refractivity contribution is 0.0461. The van der Waals surface area contributed by atoms with E-state index in [1.165, 1.54) is 0 Å². The highest BCUT2D eigenvalue weighted by molar-refractivity contribution is 6.04. The molecule has 23 heavy (non-hydrogen) atoms. The number of benzene rings is 1. The summed E-state index contributed by atoms with van der Waals surface area (Å²) in [6, 6.07) is 9.30. The highest BCUT2D eigenvalue weighted by Crippen LogP contribution is 2.23. The Hall–Kier alpha value is -2.89. The van der Waals surface area contributed by atoms with Gasteiger partial charge in [-0.3, -0.25) is 0 Å². The van der Waals surface area contributed by atoms with Crippen molar-refractivity contribution in [2.75, 3.05) is 19.0 Å². The Morgan fingerprint density at radius 1 is 1.30 bits per heavy atom. The van der Waals surface area contributed by atoms with Gasteiger partial charge in [0.15, 0.2) is 0 Å². The van der Waals surface area contributed by atoms with Gasteiger partial charge >= 0.3 is 5.97 Å². The predicted molar refractivity (Wildman–Crippen MR) is 88.4 cm³/mol. The molecule has 0 spiro atoms. The zero-order chi connectivity index (χ0) is 16.4. The predicted octanol–water partition coefficient (Wildman–Crippen LogP) is 2.39. The van der Waals surface area contributed by atoms with Crippen molar-refractivity contribution < 1.29 is 9.53 Å². The van der Waals surface area contributed by atoms with E-state index in [2.05, 4.69) is 9.97 Å². The van der Waals surface area contributed by atoms with E-state index >= 15 is 0 Å². The largest absolute Gasteiger partial charge is 0.454 e. The second kappa shape index (κ2) is 6.08. The molecule has 2 heterocycles. The molecule has 0 N–H and O–H groups in total. The van der Waals surface area contributed by atoms with Crippen molar-refractivity contribution in [1.82, 2.24) is 14.5 Å². The lowest BCUT2D eigenvalue weighted by Crippen LogP contribution is -2.14. The van der Waals surface area contributed by atoms with E-state index in [9.17, 15) is 4.79 Å². The van der Waals surface area contributed by atoms with E-state index in [4.69, 9.17) is 4.74 Å². The Morgan fingerprint density at radius 2 is 2.09 bits per heavy atom. The molecule has 1 aromatic carbocycles. The maximum Gasteiger partial charge on any atom is 0.339 e. The first-order valence-corrected chi connectivity index (χ1v) is 7.26. The number of carbonyl (C=O) groups is 1. The van der Waals surface area contributed by atoms with Crippen molar-refractivity contribution >= 4 is 22.7 Å². The van der Waals surface area contributed by atoms with Gasteiger partial charge in [0.05, 0.1) is 11.1 Å². The fourth-order valence-corrected chi connectivity index (χ4v) is 2.30. The number of pyridine rings is 1. The van der Waals surface area contributed by atoms with Crippen LogP contribution >= 0.6 is 0 Å². The topological polar surface area (TPSA) is 60.3 Å². The average molecular weight is 310 g/mol. The van der Waals surface area contributed by atoms with E-state index in [1.807, 2.05) is 61.1 Å². The van der Waals surface area contributed by atoms with Crippen LogP contribution in [0.5, 0.6) is 0 Å². The first kappa shape index (κ1) is 15.0. The van der Waals surface area contributed by atoms with Gasteiger partial charge in [-0.2, -0.15) is 0 Å². The van der Waals surface area contributed by atoms with Gasteiger partial charge in [-0.15, -0.1) is 0 Å². The first-order valence-electron chi connectivity index (χ1n) is 7.26. The van der Waals surface area contributed by atoms with Crippen LogP contribution in [-0.2, 0) is 18.4 Å². The number of aromatic nitrogens is 3. The number of para-hydroxylation sites is 1. The van der Waals surface area contributed by atoms with E-state index in [-0.39, 0.29) is 12.6 Å². The minimum absolute atomic E-state index is 0.135. The molecule has 6 nitrogen and oxygen atoms in total. The van der Waals surface area contributed by atoms with E-state index in [0.717, 1.165) is 10.9 Å².